The van der Waals surface area contributed by atoms with Crippen molar-refractivity contribution in [2.24, 2.45) is 0 Å². The second-order valence-corrected chi connectivity index (χ2v) is 4.61. The molecule has 2 rings (SSSR count). The van der Waals surface area contributed by atoms with Gasteiger partial charge in [0.25, 0.3) is 0 Å². The fraction of sp³-hybridized carbons (Fsp3) is 0.133. The molecule has 2 nitrogen and oxygen atoms in total. The van der Waals surface area contributed by atoms with E-state index >= 15 is 0 Å². The summed E-state index contributed by atoms with van der Waals surface area (Å²) in [6, 6.07) is 8.63. The van der Waals surface area contributed by atoms with Crippen molar-refractivity contribution in [2.45, 2.75) is 12.4 Å². The van der Waals surface area contributed by atoms with Crippen LogP contribution in [0, 0.1) is 11.3 Å². The van der Waals surface area contributed by atoms with Gasteiger partial charge in [-0.05, 0) is 42.5 Å². The number of nitrogens with one attached hydrogen (secondary N) is 1. The average molecular weight is 330 g/mol. The second-order valence-electron chi connectivity index (χ2n) is 4.61. The summed E-state index contributed by atoms with van der Waals surface area (Å²) < 4.78 is 76.5. The Bertz CT molecular complexity index is 706. The SMILES string of the molecule is N#Cc1ccc(Nc2cc(C(F)(F)F)cc(C(F)(F)F)c2)cc1. The summed E-state index contributed by atoms with van der Waals surface area (Å²) >= 11 is 0. The Balaban J connectivity index is 2.42. The lowest BCUT2D eigenvalue weighted by molar-refractivity contribution is -0.143. The predicted octanol–water partition coefficient (Wildman–Crippen LogP) is 5.34. The van der Waals surface area contributed by atoms with Gasteiger partial charge in [0.1, 0.15) is 0 Å². The molecule has 0 fully saturated rings. The normalized spacial score (nSPS) is 11.9. The highest BCUT2D eigenvalue weighted by Gasteiger charge is 2.36. The van der Waals surface area contributed by atoms with Gasteiger partial charge in [0.2, 0.25) is 0 Å². The number of rotatable bonds is 2. The Morgan fingerprint density at radius 3 is 1.61 bits per heavy atom. The van der Waals surface area contributed by atoms with E-state index in [1.54, 1.807) is 0 Å². The minimum absolute atomic E-state index is 0.0595. The van der Waals surface area contributed by atoms with Crippen molar-refractivity contribution in [3.63, 3.8) is 0 Å². The number of nitriles is 1. The van der Waals surface area contributed by atoms with Crippen LogP contribution < -0.4 is 5.32 Å². The van der Waals surface area contributed by atoms with Gasteiger partial charge in [-0.2, -0.15) is 31.6 Å². The fourth-order valence-corrected chi connectivity index (χ4v) is 1.82. The third kappa shape index (κ3) is 4.16. The molecule has 0 aliphatic carbocycles. The molecule has 0 radical (unpaired) electrons. The molecule has 120 valence electrons. The number of alkyl halides is 6. The van der Waals surface area contributed by atoms with Gasteiger partial charge in [0.15, 0.2) is 0 Å². The topological polar surface area (TPSA) is 35.8 Å². The van der Waals surface area contributed by atoms with Crippen molar-refractivity contribution in [3.05, 3.63) is 59.2 Å². The molecule has 23 heavy (non-hydrogen) atoms. The van der Waals surface area contributed by atoms with Gasteiger partial charge < -0.3 is 5.32 Å². The van der Waals surface area contributed by atoms with Gasteiger partial charge in [-0.3, -0.25) is 0 Å². The van der Waals surface area contributed by atoms with Gasteiger partial charge in [0, 0.05) is 11.4 Å². The van der Waals surface area contributed by atoms with E-state index in [2.05, 4.69) is 5.32 Å². The summed E-state index contributed by atoms with van der Waals surface area (Å²) in [4.78, 5) is 0. The maximum atomic E-state index is 12.7. The molecule has 0 unspecified atom stereocenters. The molecule has 0 atom stereocenters. The Morgan fingerprint density at radius 2 is 1.22 bits per heavy atom. The van der Waals surface area contributed by atoms with E-state index < -0.39 is 23.5 Å². The lowest BCUT2D eigenvalue weighted by Gasteiger charge is -2.15. The fourth-order valence-electron chi connectivity index (χ4n) is 1.82. The first-order valence-corrected chi connectivity index (χ1v) is 6.16. The Morgan fingerprint density at radius 1 is 0.739 bits per heavy atom. The minimum atomic E-state index is -4.90. The third-order valence-electron chi connectivity index (χ3n) is 2.89. The molecule has 0 aliphatic rings. The predicted molar refractivity (Wildman–Crippen MR) is 70.9 cm³/mol. The lowest BCUT2D eigenvalue weighted by atomic mass is 10.1. The molecule has 8 heteroatoms. The Hall–Kier alpha value is -2.69. The smallest absolute Gasteiger partial charge is 0.356 e. The quantitative estimate of drug-likeness (QED) is 0.755. The number of halogens is 6. The molecule has 0 spiro atoms. The summed E-state index contributed by atoms with van der Waals surface area (Å²) in [5.41, 5.74) is -2.57. The van der Waals surface area contributed by atoms with E-state index in [9.17, 15) is 26.3 Å². The number of hydrogen-bond donors (Lipinski definition) is 1. The maximum Gasteiger partial charge on any atom is 0.416 e. The van der Waals surface area contributed by atoms with Gasteiger partial charge in [-0.15, -0.1) is 0 Å². The summed E-state index contributed by atoms with van der Waals surface area (Å²) in [6.07, 6.45) is -9.80. The highest BCUT2D eigenvalue weighted by atomic mass is 19.4. The van der Waals surface area contributed by atoms with Crippen LogP contribution in [0.25, 0.3) is 0 Å². The molecule has 0 amide bonds. The summed E-state index contributed by atoms with van der Waals surface area (Å²) in [6.45, 7) is 0. The van der Waals surface area contributed by atoms with Gasteiger partial charge >= 0.3 is 12.4 Å². The highest BCUT2D eigenvalue weighted by molar-refractivity contribution is 5.62. The van der Waals surface area contributed by atoms with Crippen LogP contribution in [0.15, 0.2) is 42.5 Å². The van der Waals surface area contributed by atoms with Crippen molar-refractivity contribution in [1.29, 1.82) is 5.26 Å². The van der Waals surface area contributed by atoms with Crippen molar-refractivity contribution in [2.75, 3.05) is 5.32 Å². The highest BCUT2D eigenvalue weighted by Crippen LogP contribution is 2.38. The Labute approximate surface area is 127 Å². The van der Waals surface area contributed by atoms with Gasteiger partial charge in [-0.1, -0.05) is 0 Å². The van der Waals surface area contributed by atoms with Crippen LogP contribution in [0.4, 0.5) is 37.7 Å². The minimum Gasteiger partial charge on any atom is -0.356 e. The third-order valence-corrected chi connectivity index (χ3v) is 2.89. The summed E-state index contributed by atoms with van der Waals surface area (Å²) in [5, 5.41) is 11.1. The van der Waals surface area contributed by atoms with Gasteiger partial charge in [-0.25, -0.2) is 0 Å². The number of anilines is 2. The monoisotopic (exact) mass is 330 g/mol. The van der Waals surface area contributed by atoms with Crippen molar-refractivity contribution < 1.29 is 26.3 Å². The van der Waals surface area contributed by atoms with Crippen LogP contribution in [-0.2, 0) is 12.4 Å². The zero-order valence-electron chi connectivity index (χ0n) is 11.3. The van der Waals surface area contributed by atoms with E-state index in [4.69, 9.17) is 5.26 Å². The molecule has 0 saturated carbocycles. The van der Waals surface area contributed by atoms with E-state index in [1.807, 2.05) is 6.07 Å². The molecule has 1 N–H and O–H groups in total. The largest absolute Gasteiger partial charge is 0.416 e. The first kappa shape index (κ1) is 16.7. The van der Waals surface area contributed by atoms with Crippen molar-refractivity contribution in [3.8, 4) is 6.07 Å². The molecule has 0 aliphatic heterocycles. The zero-order chi connectivity index (χ0) is 17.3. The summed E-state index contributed by atoms with van der Waals surface area (Å²) in [5.74, 6) is 0. The molecular weight excluding hydrogens is 322 g/mol. The maximum absolute atomic E-state index is 12.7. The zero-order valence-corrected chi connectivity index (χ0v) is 11.3. The van der Waals surface area contributed by atoms with Crippen molar-refractivity contribution >= 4 is 11.4 Å². The number of benzene rings is 2. The summed E-state index contributed by atoms with van der Waals surface area (Å²) in [7, 11) is 0. The molecule has 0 bridgehead atoms. The Kier molecular flexibility index (Phi) is 4.23. The first-order valence-electron chi connectivity index (χ1n) is 6.16. The van der Waals surface area contributed by atoms with Crippen LogP contribution in [-0.4, -0.2) is 0 Å². The molecule has 0 saturated heterocycles. The lowest BCUT2D eigenvalue weighted by Crippen LogP contribution is -2.11. The number of nitrogens with zero attached hydrogens (tertiary/aromatic N) is 1. The van der Waals surface area contributed by atoms with E-state index in [-0.39, 0.29) is 17.4 Å². The van der Waals surface area contributed by atoms with E-state index in [1.165, 1.54) is 24.3 Å². The average Bonchev–Trinajstić information content (AvgIpc) is 2.46. The van der Waals surface area contributed by atoms with Crippen LogP contribution in [0.3, 0.4) is 0 Å². The van der Waals surface area contributed by atoms with Crippen LogP contribution in [0.1, 0.15) is 16.7 Å². The first-order chi connectivity index (χ1) is 10.6. The molecular formula is C15H8F6N2. The standard InChI is InChI=1S/C15H8F6N2/c16-14(17,18)10-5-11(15(19,20)21)7-13(6-10)23-12-3-1-9(8-22)2-4-12/h1-7,23H. The van der Waals surface area contributed by atoms with Gasteiger partial charge in [0.05, 0.1) is 22.8 Å². The molecule has 0 aromatic heterocycles. The van der Waals surface area contributed by atoms with E-state index in [0.29, 0.717) is 17.7 Å². The van der Waals surface area contributed by atoms with Crippen LogP contribution >= 0.6 is 0 Å². The van der Waals surface area contributed by atoms with Crippen LogP contribution in [0.2, 0.25) is 0 Å². The molecule has 2 aromatic carbocycles. The molecule has 0 heterocycles. The number of hydrogen-bond acceptors (Lipinski definition) is 2. The van der Waals surface area contributed by atoms with E-state index in [0.717, 1.165) is 0 Å². The van der Waals surface area contributed by atoms with Crippen LogP contribution in [0.5, 0.6) is 0 Å². The second kappa shape index (κ2) is 5.83. The molecule has 2 aromatic rings. The van der Waals surface area contributed by atoms with Crippen molar-refractivity contribution in [1.82, 2.24) is 0 Å².